The Kier molecular flexibility index (Phi) is 5.47. The van der Waals surface area contributed by atoms with E-state index in [-0.39, 0.29) is 16.3 Å². The van der Waals surface area contributed by atoms with Crippen molar-refractivity contribution in [3.8, 4) is 5.75 Å². The van der Waals surface area contributed by atoms with Gasteiger partial charge >= 0.3 is 5.97 Å². The number of hydrogen-bond donors (Lipinski definition) is 2. The molecular weight excluding hydrogens is 341 g/mol. The number of nitrogens with one attached hydrogen (secondary N) is 1. The first kappa shape index (κ1) is 17.1. The maximum Gasteiger partial charge on any atom is 0.337 e. The summed E-state index contributed by atoms with van der Waals surface area (Å²) in [5.74, 6) is -1.31. The molecular formula is C16H13Cl2NO4. The van der Waals surface area contributed by atoms with Gasteiger partial charge in [-0.25, -0.2) is 4.79 Å². The summed E-state index contributed by atoms with van der Waals surface area (Å²) in [6, 6.07) is 10.8. The van der Waals surface area contributed by atoms with Crippen LogP contribution in [-0.4, -0.2) is 23.1 Å². The van der Waals surface area contributed by atoms with E-state index >= 15 is 0 Å². The Balaban J connectivity index is 2.10. The first-order valence-electron chi connectivity index (χ1n) is 6.63. The largest absolute Gasteiger partial charge is 0.479 e. The highest BCUT2D eigenvalue weighted by atomic mass is 35.5. The summed E-state index contributed by atoms with van der Waals surface area (Å²) in [5.41, 5.74) is 0.195. The smallest absolute Gasteiger partial charge is 0.337 e. The van der Waals surface area contributed by atoms with Gasteiger partial charge in [-0.2, -0.15) is 0 Å². The fraction of sp³-hybridized carbons (Fsp3) is 0.125. The number of benzene rings is 2. The molecule has 0 aliphatic heterocycles. The summed E-state index contributed by atoms with van der Waals surface area (Å²) in [7, 11) is 0. The Hall–Kier alpha value is -2.24. The lowest BCUT2D eigenvalue weighted by Gasteiger charge is -2.16. The summed E-state index contributed by atoms with van der Waals surface area (Å²) in [6.07, 6.45) is -0.879. The molecule has 0 bridgehead atoms. The number of carbonyl (C=O) groups is 2. The van der Waals surface area contributed by atoms with Crippen LogP contribution < -0.4 is 10.1 Å². The maximum atomic E-state index is 12.2. The van der Waals surface area contributed by atoms with Gasteiger partial charge in [0.05, 0.1) is 16.3 Å². The molecule has 0 unspecified atom stereocenters. The highest BCUT2D eigenvalue weighted by Crippen LogP contribution is 2.28. The summed E-state index contributed by atoms with van der Waals surface area (Å²) < 4.78 is 5.48. The van der Waals surface area contributed by atoms with Crippen LogP contribution in [0.4, 0.5) is 5.69 Å². The molecule has 0 saturated carbocycles. The molecule has 2 aromatic rings. The van der Waals surface area contributed by atoms with E-state index in [0.29, 0.717) is 10.8 Å². The molecule has 5 nitrogen and oxygen atoms in total. The van der Waals surface area contributed by atoms with Crippen LogP contribution in [0.5, 0.6) is 5.75 Å². The van der Waals surface area contributed by atoms with Gasteiger partial charge in [0, 0.05) is 5.02 Å². The van der Waals surface area contributed by atoms with Crippen molar-refractivity contribution in [3.63, 3.8) is 0 Å². The van der Waals surface area contributed by atoms with Crippen LogP contribution in [0.2, 0.25) is 10.0 Å². The molecule has 0 radical (unpaired) electrons. The SMILES string of the molecule is C[C@H](Oc1ccc(Cl)cc1Cl)C(=O)Nc1ccccc1C(=O)O. The standard InChI is InChI=1S/C16H13Cl2NO4/c1-9(23-14-7-6-10(17)8-12(14)18)15(20)19-13-5-3-2-4-11(13)16(21)22/h2-9H,1H3,(H,19,20)(H,21,22)/t9-/m0/s1. The highest BCUT2D eigenvalue weighted by Gasteiger charge is 2.19. The van der Waals surface area contributed by atoms with E-state index < -0.39 is 18.0 Å². The van der Waals surface area contributed by atoms with Gasteiger partial charge in [-0.3, -0.25) is 4.79 Å². The number of aromatic carboxylic acids is 1. The van der Waals surface area contributed by atoms with E-state index in [0.717, 1.165) is 0 Å². The van der Waals surface area contributed by atoms with Crippen LogP contribution in [0.1, 0.15) is 17.3 Å². The Morgan fingerprint density at radius 3 is 2.52 bits per heavy atom. The molecule has 0 heterocycles. The summed E-state index contributed by atoms with van der Waals surface area (Å²) in [6.45, 7) is 1.53. The van der Waals surface area contributed by atoms with Crippen LogP contribution in [0.25, 0.3) is 0 Å². The Morgan fingerprint density at radius 2 is 1.87 bits per heavy atom. The number of carbonyl (C=O) groups excluding carboxylic acids is 1. The second-order valence-corrected chi connectivity index (χ2v) is 5.52. The average molecular weight is 354 g/mol. The molecule has 0 aliphatic carbocycles. The number of para-hydroxylation sites is 1. The van der Waals surface area contributed by atoms with Crippen molar-refractivity contribution in [1.29, 1.82) is 0 Å². The number of ether oxygens (including phenoxy) is 1. The zero-order valence-corrected chi connectivity index (χ0v) is 13.6. The number of hydrogen-bond acceptors (Lipinski definition) is 3. The first-order chi connectivity index (χ1) is 10.9. The molecule has 2 aromatic carbocycles. The lowest BCUT2D eigenvalue weighted by atomic mass is 10.1. The number of rotatable bonds is 5. The van der Waals surface area contributed by atoms with Gasteiger partial charge < -0.3 is 15.2 Å². The molecule has 2 N–H and O–H groups in total. The Bertz CT molecular complexity index is 749. The maximum absolute atomic E-state index is 12.2. The van der Waals surface area contributed by atoms with E-state index in [1.165, 1.54) is 25.1 Å². The molecule has 0 aromatic heterocycles. The lowest BCUT2D eigenvalue weighted by Crippen LogP contribution is -2.30. The van der Waals surface area contributed by atoms with E-state index in [1.807, 2.05) is 0 Å². The average Bonchev–Trinajstić information content (AvgIpc) is 2.50. The molecule has 23 heavy (non-hydrogen) atoms. The Labute approximate surface area is 142 Å². The van der Waals surface area contributed by atoms with Crippen LogP contribution in [0.3, 0.4) is 0 Å². The van der Waals surface area contributed by atoms with Gasteiger partial charge in [-0.1, -0.05) is 35.3 Å². The van der Waals surface area contributed by atoms with E-state index in [4.69, 9.17) is 33.0 Å². The highest BCUT2D eigenvalue weighted by molar-refractivity contribution is 6.35. The molecule has 7 heteroatoms. The third-order valence-corrected chi connectivity index (χ3v) is 3.51. The molecule has 0 fully saturated rings. The third kappa shape index (κ3) is 4.37. The minimum Gasteiger partial charge on any atom is -0.479 e. The molecule has 0 aliphatic rings. The van der Waals surface area contributed by atoms with Gasteiger partial charge in [0.25, 0.3) is 5.91 Å². The number of carboxylic acids is 1. The third-order valence-electron chi connectivity index (χ3n) is 2.98. The molecule has 2 rings (SSSR count). The molecule has 1 amide bonds. The monoisotopic (exact) mass is 353 g/mol. The van der Waals surface area contributed by atoms with Crippen molar-refractivity contribution in [2.45, 2.75) is 13.0 Å². The van der Waals surface area contributed by atoms with Gasteiger partial charge in [0.1, 0.15) is 5.75 Å². The molecule has 1 atom stereocenters. The topological polar surface area (TPSA) is 75.6 Å². The summed E-state index contributed by atoms with van der Waals surface area (Å²) in [4.78, 5) is 23.3. The quantitative estimate of drug-likeness (QED) is 0.848. The number of anilines is 1. The van der Waals surface area contributed by atoms with Gasteiger partial charge in [-0.15, -0.1) is 0 Å². The van der Waals surface area contributed by atoms with Crippen molar-refractivity contribution >= 4 is 40.8 Å². The summed E-state index contributed by atoms with van der Waals surface area (Å²) in [5, 5.41) is 12.4. The van der Waals surface area contributed by atoms with Crippen LogP contribution in [0, 0.1) is 0 Å². The molecule has 0 spiro atoms. The fourth-order valence-corrected chi connectivity index (χ4v) is 2.28. The summed E-state index contributed by atoms with van der Waals surface area (Å²) >= 11 is 11.8. The van der Waals surface area contributed by atoms with Gasteiger partial charge in [-0.05, 0) is 37.3 Å². The molecule has 0 saturated heterocycles. The fourth-order valence-electron chi connectivity index (χ4n) is 1.83. The predicted octanol–water partition coefficient (Wildman–Crippen LogP) is 4.10. The number of amides is 1. The minimum absolute atomic E-state index is 0.00225. The van der Waals surface area contributed by atoms with Crippen molar-refractivity contribution in [3.05, 3.63) is 58.1 Å². The van der Waals surface area contributed by atoms with E-state index in [9.17, 15) is 9.59 Å². The normalized spacial score (nSPS) is 11.6. The zero-order valence-electron chi connectivity index (χ0n) is 12.0. The van der Waals surface area contributed by atoms with Crippen molar-refractivity contribution in [2.75, 3.05) is 5.32 Å². The Morgan fingerprint density at radius 1 is 1.17 bits per heavy atom. The minimum atomic E-state index is -1.13. The molecule has 120 valence electrons. The van der Waals surface area contributed by atoms with Crippen molar-refractivity contribution in [2.24, 2.45) is 0 Å². The first-order valence-corrected chi connectivity index (χ1v) is 7.39. The second-order valence-electron chi connectivity index (χ2n) is 4.67. The van der Waals surface area contributed by atoms with E-state index in [2.05, 4.69) is 5.32 Å². The van der Waals surface area contributed by atoms with Crippen LogP contribution >= 0.6 is 23.2 Å². The van der Waals surface area contributed by atoms with Crippen LogP contribution in [0.15, 0.2) is 42.5 Å². The second kappa shape index (κ2) is 7.35. The van der Waals surface area contributed by atoms with E-state index in [1.54, 1.807) is 24.3 Å². The van der Waals surface area contributed by atoms with Gasteiger partial charge in [0.15, 0.2) is 6.10 Å². The lowest BCUT2D eigenvalue weighted by molar-refractivity contribution is -0.122. The predicted molar refractivity (Wildman–Crippen MR) is 88.6 cm³/mol. The van der Waals surface area contributed by atoms with Crippen LogP contribution in [-0.2, 0) is 4.79 Å². The van der Waals surface area contributed by atoms with Crippen molar-refractivity contribution in [1.82, 2.24) is 0 Å². The number of carboxylic acid groups (broad SMARTS) is 1. The number of halogens is 2. The van der Waals surface area contributed by atoms with Crippen molar-refractivity contribution < 1.29 is 19.4 Å². The van der Waals surface area contributed by atoms with Gasteiger partial charge in [0.2, 0.25) is 0 Å². The zero-order chi connectivity index (χ0) is 17.0.